The van der Waals surface area contributed by atoms with Crippen molar-refractivity contribution < 1.29 is 4.74 Å². The Morgan fingerprint density at radius 2 is 0.615 bits per heavy atom. The number of ether oxygens (including phenoxy) is 1. The summed E-state index contributed by atoms with van der Waals surface area (Å²) in [5.41, 5.74) is 0. The zero-order chi connectivity index (χ0) is 44.2. The Balaban J connectivity index is 0.883. The molecule has 4 aliphatic carbocycles. The molecule has 0 radical (unpaired) electrons. The fraction of sp³-hybridized carbons (Fsp3) is 1.00. The number of unbranched alkanes of at least 4 members (excludes halogenated alkanes) is 16. The van der Waals surface area contributed by atoms with Gasteiger partial charge in [-0.25, -0.2) is 0 Å². The third-order valence-electron chi connectivity index (χ3n) is 19.8. The average Bonchev–Trinajstić information content (AvgIpc) is 4.08. The van der Waals surface area contributed by atoms with Crippen molar-refractivity contribution in [1.29, 1.82) is 0 Å². The van der Waals surface area contributed by atoms with E-state index in [9.17, 15) is 0 Å². The topological polar surface area (TPSA) is 105 Å². The first-order valence-electron chi connectivity index (χ1n) is 29.9. The Labute approximate surface area is 399 Å². The third-order valence-corrected chi connectivity index (χ3v) is 19.8. The van der Waals surface area contributed by atoms with Gasteiger partial charge in [0, 0.05) is 12.5 Å². The van der Waals surface area contributed by atoms with E-state index in [4.69, 9.17) is 4.74 Å². The maximum atomic E-state index is 7.44. The second kappa shape index (κ2) is 25.7. The number of nitrogens with one attached hydrogen (secondary N) is 8. The van der Waals surface area contributed by atoms with E-state index < -0.39 is 0 Å². The molecule has 5 heterocycles. The molecule has 0 aromatic carbocycles. The normalized spacial score (nSPS) is 41.7. The summed E-state index contributed by atoms with van der Waals surface area (Å²) in [4.78, 5) is 0. The standard InChI is InChI=1S/C56H104N8O/c1-3-5-7-9-11-13-14-16-18-20-29-39(28-19-17-15-12-10-8-6-4-2)38-65-47-37-27-36-46-48(47)56-63-54-45-35-26-25-34-44(45)52(61-54)59-50-41-31-22-21-30-40(41)49(57-50)58-51-42-32-23-24-33-43(42)53(60-51)62-55(46)64-56/h39-64H,3-38H2,1-2H3. The Bertz CT molecular complexity index is 1350. The van der Waals surface area contributed by atoms with E-state index in [1.807, 2.05) is 0 Å². The minimum Gasteiger partial charge on any atom is -0.378 e. The SMILES string of the molecule is CCCCCCCCCCCCC(CCCCCCCCCC)COC1CCCC2C3NC4NC(NC5NC(NC6NC(NC(N3)C12)C1CCCCC61)C1CCCCC51)C1CCCCC41. The van der Waals surface area contributed by atoms with Gasteiger partial charge in [-0.3, -0.25) is 42.5 Å². The maximum Gasteiger partial charge on any atom is 0.0653 e. The van der Waals surface area contributed by atoms with Gasteiger partial charge in [0.2, 0.25) is 0 Å². The van der Waals surface area contributed by atoms with Crippen LogP contribution in [0.2, 0.25) is 0 Å². The molecule has 9 nitrogen and oxygen atoms in total. The molecule has 0 amide bonds. The van der Waals surface area contributed by atoms with Gasteiger partial charge in [0.15, 0.2) is 0 Å². The molecule has 4 saturated carbocycles. The summed E-state index contributed by atoms with van der Waals surface area (Å²) in [5.74, 6) is 6.00. The van der Waals surface area contributed by atoms with Gasteiger partial charge in [-0.1, -0.05) is 174 Å². The molecule has 18 unspecified atom stereocenters. The minimum atomic E-state index is 0.261. The van der Waals surface area contributed by atoms with Crippen LogP contribution in [0.5, 0.6) is 0 Å². The van der Waals surface area contributed by atoms with Crippen LogP contribution in [0.3, 0.4) is 0 Å². The second-order valence-electron chi connectivity index (χ2n) is 24.1. The highest BCUT2D eigenvalue weighted by Gasteiger charge is 2.56. The van der Waals surface area contributed by atoms with Crippen LogP contribution in [0.4, 0.5) is 0 Å². The van der Waals surface area contributed by atoms with Crippen molar-refractivity contribution in [1.82, 2.24) is 42.5 Å². The smallest absolute Gasteiger partial charge is 0.0653 e. The first-order valence-corrected chi connectivity index (χ1v) is 29.9. The van der Waals surface area contributed by atoms with Crippen LogP contribution in [-0.4, -0.2) is 62.0 Å². The van der Waals surface area contributed by atoms with Crippen molar-refractivity contribution in [2.75, 3.05) is 6.61 Å². The monoisotopic (exact) mass is 905 g/mol. The van der Waals surface area contributed by atoms with Crippen LogP contribution >= 0.6 is 0 Å². The molecule has 5 saturated heterocycles. The van der Waals surface area contributed by atoms with Crippen LogP contribution in [-0.2, 0) is 4.74 Å². The van der Waals surface area contributed by atoms with Crippen molar-refractivity contribution in [3.8, 4) is 0 Å². The molecule has 8 N–H and O–H groups in total. The number of rotatable bonds is 23. The molecule has 374 valence electrons. The zero-order valence-corrected chi connectivity index (χ0v) is 42.3. The van der Waals surface area contributed by atoms with Crippen LogP contribution in [0.25, 0.3) is 0 Å². The molecule has 9 aliphatic rings. The molecular weight excluding hydrogens is 801 g/mol. The summed E-state index contributed by atoms with van der Waals surface area (Å²) in [6, 6.07) is 0. The lowest BCUT2D eigenvalue weighted by atomic mass is 9.75. The number of hydrogen-bond acceptors (Lipinski definition) is 9. The van der Waals surface area contributed by atoms with Crippen LogP contribution in [0.15, 0.2) is 0 Å². The molecule has 9 rings (SSSR count). The molecule has 0 spiro atoms. The lowest BCUT2D eigenvalue weighted by molar-refractivity contribution is -0.0523. The molecule has 8 bridgehead atoms. The predicted molar refractivity (Wildman–Crippen MR) is 269 cm³/mol. The molecule has 9 heteroatoms. The van der Waals surface area contributed by atoms with Gasteiger partial charge in [0.05, 0.1) is 55.4 Å². The van der Waals surface area contributed by atoms with Gasteiger partial charge in [0.1, 0.15) is 0 Å². The average molecular weight is 906 g/mol. The van der Waals surface area contributed by atoms with Gasteiger partial charge < -0.3 is 4.74 Å². The van der Waals surface area contributed by atoms with E-state index in [1.54, 1.807) is 0 Å². The van der Waals surface area contributed by atoms with Gasteiger partial charge >= 0.3 is 0 Å². The van der Waals surface area contributed by atoms with Crippen LogP contribution in [0.1, 0.15) is 239 Å². The van der Waals surface area contributed by atoms with Crippen LogP contribution in [0, 0.1) is 53.3 Å². The molecule has 9 fully saturated rings. The van der Waals surface area contributed by atoms with Crippen molar-refractivity contribution in [2.45, 2.75) is 294 Å². The van der Waals surface area contributed by atoms with E-state index in [0.29, 0.717) is 96.6 Å². The van der Waals surface area contributed by atoms with Gasteiger partial charge in [-0.2, -0.15) is 0 Å². The first-order chi connectivity index (χ1) is 32.2. The molecule has 65 heavy (non-hydrogen) atoms. The highest BCUT2D eigenvalue weighted by Crippen LogP contribution is 2.46. The highest BCUT2D eigenvalue weighted by molar-refractivity contribution is 5.09. The van der Waals surface area contributed by atoms with Crippen molar-refractivity contribution >= 4 is 0 Å². The van der Waals surface area contributed by atoms with E-state index >= 15 is 0 Å². The number of hydrogen-bond donors (Lipinski definition) is 8. The Morgan fingerprint density at radius 3 is 0.969 bits per heavy atom. The van der Waals surface area contributed by atoms with Crippen molar-refractivity contribution in [3.05, 3.63) is 0 Å². The molecular formula is C56H104N8O. The van der Waals surface area contributed by atoms with Gasteiger partial charge in [-0.15, -0.1) is 0 Å². The Kier molecular flexibility index (Phi) is 19.6. The Morgan fingerprint density at radius 1 is 0.323 bits per heavy atom. The van der Waals surface area contributed by atoms with E-state index in [1.165, 1.54) is 225 Å². The predicted octanol–water partition coefficient (Wildman–Crippen LogP) is 11.1. The molecule has 0 aromatic heterocycles. The lowest BCUT2D eigenvalue weighted by Crippen LogP contribution is -2.62. The van der Waals surface area contributed by atoms with Crippen LogP contribution < -0.4 is 42.5 Å². The number of fused-ring (bicyclic) bond motifs is 20. The Hall–Kier alpha value is -0.360. The summed E-state index contributed by atoms with van der Waals surface area (Å²) in [7, 11) is 0. The van der Waals surface area contributed by atoms with Gasteiger partial charge in [-0.05, 0) is 112 Å². The molecule has 5 aliphatic heterocycles. The third kappa shape index (κ3) is 12.8. The van der Waals surface area contributed by atoms with Crippen molar-refractivity contribution in [3.63, 3.8) is 0 Å². The fourth-order valence-corrected chi connectivity index (χ4v) is 16.3. The first kappa shape index (κ1) is 49.6. The quantitative estimate of drug-likeness (QED) is 0.0476. The van der Waals surface area contributed by atoms with Crippen molar-refractivity contribution in [2.24, 2.45) is 53.3 Å². The van der Waals surface area contributed by atoms with E-state index in [-0.39, 0.29) is 6.17 Å². The highest BCUT2D eigenvalue weighted by atomic mass is 16.5. The second-order valence-corrected chi connectivity index (χ2v) is 24.1. The summed E-state index contributed by atoms with van der Waals surface area (Å²) < 4.78 is 7.44. The summed E-state index contributed by atoms with van der Waals surface area (Å²) >= 11 is 0. The minimum absolute atomic E-state index is 0.261. The lowest BCUT2D eigenvalue weighted by Gasteiger charge is -2.39. The molecule has 0 aromatic rings. The van der Waals surface area contributed by atoms with E-state index in [2.05, 4.69) is 56.4 Å². The maximum absolute atomic E-state index is 7.44. The largest absolute Gasteiger partial charge is 0.378 e. The van der Waals surface area contributed by atoms with Gasteiger partial charge in [0.25, 0.3) is 0 Å². The summed E-state index contributed by atoms with van der Waals surface area (Å²) in [6.45, 7) is 5.64. The molecule has 18 atom stereocenters. The summed E-state index contributed by atoms with van der Waals surface area (Å²) in [6.07, 6.45) is 51.6. The fourth-order valence-electron chi connectivity index (χ4n) is 16.3. The summed E-state index contributed by atoms with van der Waals surface area (Å²) in [5, 5.41) is 34.8. The zero-order valence-electron chi connectivity index (χ0n) is 42.3. The van der Waals surface area contributed by atoms with E-state index in [0.717, 1.165) is 12.5 Å².